The Labute approximate surface area is 148 Å². The predicted molar refractivity (Wildman–Crippen MR) is 94.6 cm³/mol. The molecule has 0 unspecified atom stereocenters. The van der Waals surface area contributed by atoms with E-state index in [1.807, 2.05) is 0 Å². The van der Waals surface area contributed by atoms with Gasteiger partial charge in [-0.1, -0.05) is 17.8 Å². The van der Waals surface area contributed by atoms with Gasteiger partial charge in [-0.25, -0.2) is 9.47 Å². The monoisotopic (exact) mass is 362 g/mol. The van der Waals surface area contributed by atoms with Gasteiger partial charge in [-0.3, -0.25) is 10.1 Å². The van der Waals surface area contributed by atoms with Crippen molar-refractivity contribution < 1.29 is 14.3 Å². The topological polar surface area (TPSA) is 124 Å². The van der Waals surface area contributed by atoms with E-state index in [1.54, 1.807) is 31.4 Å². The Morgan fingerprint density at radius 2 is 2.08 bits per heavy atom. The number of imide groups is 1. The van der Waals surface area contributed by atoms with E-state index in [-0.39, 0.29) is 12.3 Å². The number of nitrogens with one attached hydrogen (secondary N) is 2. The van der Waals surface area contributed by atoms with Crippen molar-refractivity contribution in [3.8, 4) is 17.1 Å². The minimum Gasteiger partial charge on any atom is -0.497 e. The zero-order valence-corrected chi connectivity index (χ0v) is 14.4. The van der Waals surface area contributed by atoms with E-state index < -0.39 is 11.9 Å². The van der Waals surface area contributed by atoms with Crippen molar-refractivity contribution in [2.24, 2.45) is 0 Å². The second-order valence-electron chi connectivity index (χ2n) is 4.74. The summed E-state index contributed by atoms with van der Waals surface area (Å²) in [5, 5.41) is 13.0. The van der Waals surface area contributed by atoms with E-state index in [4.69, 9.17) is 10.6 Å². The lowest BCUT2D eigenvalue weighted by Crippen LogP contribution is -2.40. The van der Waals surface area contributed by atoms with E-state index in [2.05, 4.69) is 27.4 Å². The molecule has 0 radical (unpaired) electrons. The number of ether oxygens (including phenoxy) is 1. The molecule has 9 nitrogen and oxygen atoms in total. The molecule has 1 aromatic heterocycles. The first-order chi connectivity index (χ1) is 12.0. The lowest BCUT2D eigenvalue weighted by atomic mass is 10.2. The zero-order chi connectivity index (χ0) is 18.2. The number of nitrogens with zero attached hydrogens (tertiary/aromatic N) is 3. The average Bonchev–Trinajstić information content (AvgIpc) is 2.99. The summed E-state index contributed by atoms with van der Waals surface area (Å²) in [4.78, 5) is 23.1. The molecular formula is C15H18N6O3S. The van der Waals surface area contributed by atoms with Gasteiger partial charge in [0.1, 0.15) is 5.75 Å². The van der Waals surface area contributed by atoms with E-state index in [9.17, 15) is 9.59 Å². The number of carbonyl (C=O) groups excluding carboxylic acids is 2. The molecule has 3 amide bonds. The van der Waals surface area contributed by atoms with E-state index in [0.29, 0.717) is 16.7 Å². The highest BCUT2D eigenvalue weighted by Gasteiger charge is 2.14. The minimum absolute atomic E-state index is 0.0283. The number of thioether (sulfide) groups is 1. The molecule has 0 saturated heterocycles. The number of aromatic nitrogens is 3. The molecule has 1 heterocycles. The smallest absolute Gasteiger partial charge is 0.321 e. The molecule has 2 rings (SSSR count). The Hall–Kier alpha value is -3.01. The highest BCUT2D eigenvalue weighted by Crippen LogP contribution is 2.23. The first kappa shape index (κ1) is 18.3. The molecular weight excluding hydrogens is 344 g/mol. The van der Waals surface area contributed by atoms with Crippen LogP contribution >= 0.6 is 11.8 Å². The van der Waals surface area contributed by atoms with Crippen LogP contribution in [0.4, 0.5) is 4.79 Å². The standard InChI is InChI=1S/C15H18N6O3S/c1-3-8-17-14(23)18-12(22)9-25-15-20-19-13(21(15)16)10-4-6-11(24-2)7-5-10/h3-7H,1,8-9,16H2,2H3,(H2,17,18,22,23). The van der Waals surface area contributed by atoms with Gasteiger partial charge in [-0.05, 0) is 24.3 Å². The first-order valence-corrected chi connectivity index (χ1v) is 8.20. The number of amides is 3. The van der Waals surface area contributed by atoms with Crippen LogP contribution in [-0.4, -0.2) is 46.2 Å². The second kappa shape index (κ2) is 8.73. The molecule has 2 aromatic rings. The SMILES string of the molecule is C=CCNC(=O)NC(=O)CSc1nnc(-c2ccc(OC)cc2)n1N. The maximum absolute atomic E-state index is 11.7. The fourth-order valence-electron chi connectivity index (χ4n) is 1.81. The van der Waals surface area contributed by atoms with Crippen LogP contribution in [0.15, 0.2) is 42.1 Å². The van der Waals surface area contributed by atoms with Crippen LogP contribution in [0.1, 0.15) is 0 Å². The van der Waals surface area contributed by atoms with Crippen LogP contribution in [0.25, 0.3) is 11.4 Å². The highest BCUT2D eigenvalue weighted by molar-refractivity contribution is 7.99. The number of methoxy groups -OCH3 is 1. The fraction of sp³-hybridized carbons (Fsp3) is 0.200. The molecule has 0 atom stereocenters. The van der Waals surface area contributed by atoms with Gasteiger partial charge >= 0.3 is 6.03 Å². The lowest BCUT2D eigenvalue weighted by molar-refractivity contribution is -0.117. The number of nitrogen functional groups attached to an aromatic ring is 1. The predicted octanol–water partition coefficient (Wildman–Crippen LogP) is 0.771. The third-order valence-electron chi connectivity index (χ3n) is 3.01. The number of carbonyl (C=O) groups is 2. The molecule has 4 N–H and O–H groups in total. The van der Waals surface area contributed by atoms with Crippen molar-refractivity contribution in [3.63, 3.8) is 0 Å². The number of nitrogens with two attached hydrogens (primary N) is 1. The highest BCUT2D eigenvalue weighted by atomic mass is 32.2. The molecule has 0 saturated carbocycles. The van der Waals surface area contributed by atoms with Gasteiger partial charge in [0.25, 0.3) is 0 Å². The van der Waals surface area contributed by atoms with E-state index in [0.717, 1.165) is 17.3 Å². The van der Waals surface area contributed by atoms with Gasteiger partial charge < -0.3 is 15.9 Å². The Kier molecular flexibility index (Phi) is 6.40. The summed E-state index contributed by atoms with van der Waals surface area (Å²) < 4.78 is 6.39. The van der Waals surface area contributed by atoms with E-state index >= 15 is 0 Å². The van der Waals surface area contributed by atoms with Gasteiger partial charge in [0.15, 0.2) is 5.82 Å². The summed E-state index contributed by atoms with van der Waals surface area (Å²) in [6.07, 6.45) is 1.51. The summed E-state index contributed by atoms with van der Waals surface area (Å²) in [5.41, 5.74) is 0.760. The van der Waals surface area contributed by atoms with Gasteiger partial charge in [0.05, 0.1) is 12.9 Å². The van der Waals surface area contributed by atoms with Gasteiger partial charge in [-0.2, -0.15) is 0 Å². The molecule has 0 bridgehead atoms. The maximum Gasteiger partial charge on any atom is 0.321 e. The molecule has 0 fully saturated rings. The van der Waals surface area contributed by atoms with Crippen LogP contribution in [0.2, 0.25) is 0 Å². The normalized spacial score (nSPS) is 10.1. The fourth-order valence-corrected chi connectivity index (χ4v) is 2.47. The number of hydrogen-bond acceptors (Lipinski definition) is 7. The Morgan fingerprint density at radius 1 is 1.36 bits per heavy atom. The van der Waals surface area contributed by atoms with Crippen molar-refractivity contribution >= 4 is 23.7 Å². The Bertz CT molecular complexity index is 759. The maximum atomic E-state index is 11.7. The number of urea groups is 1. The number of rotatable bonds is 7. The third kappa shape index (κ3) is 4.98. The van der Waals surface area contributed by atoms with Crippen molar-refractivity contribution in [3.05, 3.63) is 36.9 Å². The van der Waals surface area contributed by atoms with Crippen LogP contribution in [-0.2, 0) is 4.79 Å². The molecule has 132 valence electrons. The molecule has 0 spiro atoms. The van der Waals surface area contributed by atoms with Crippen LogP contribution in [0.5, 0.6) is 5.75 Å². The zero-order valence-electron chi connectivity index (χ0n) is 13.6. The summed E-state index contributed by atoms with van der Waals surface area (Å²) >= 11 is 1.07. The Balaban J connectivity index is 1.95. The molecule has 0 aliphatic heterocycles. The van der Waals surface area contributed by atoms with Crippen LogP contribution < -0.4 is 21.2 Å². The quantitative estimate of drug-likeness (QED) is 0.377. The van der Waals surface area contributed by atoms with E-state index in [1.165, 1.54) is 10.8 Å². The van der Waals surface area contributed by atoms with Crippen molar-refractivity contribution in [2.45, 2.75) is 5.16 Å². The van der Waals surface area contributed by atoms with Crippen molar-refractivity contribution in [1.82, 2.24) is 25.5 Å². The van der Waals surface area contributed by atoms with Gasteiger partial charge in [-0.15, -0.1) is 16.8 Å². The Morgan fingerprint density at radius 3 is 2.72 bits per heavy atom. The largest absolute Gasteiger partial charge is 0.497 e. The minimum atomic E-state index is -0.585. The third-order valence-corrected chi connectivity index (χ3v) is 3.95. The summed E-state index contributed by atoms with van der Waals surface area (Å²) in [6.45, 7) is 3.74. The summed E-state index contributed by atoms with van der Waals surface area (Å²) in [7, 11) is 1.58. The number of benzene rings is 1. The second-order valence-corrected chi connectivity index (χ2v) is 5.68. The molecule has 1 aromatic carbocycles. The molecule has 25 heavy (non-hydrogen) atoms. The molecule has 0 aliphatic rings. The summed E-state index contributed by atoms with van der Waals surface area (Å²) in [5.74, 6) is 6.65. The van der Waals surface area contributed by atoms with Crippen molar-refractivity contribution in [1.29, 1.82) is 0 Å². The first-order valence-electron chi connectivity index (χ1n) is 7.21. The van der Waals surface area contributed by atoms with Crippen LogP contribution in [0.3, 0.4) is 0 Å². The van der Waals surface area contributed by atoms with Crippen molar-refractivity contribution in [2.75, 3.05) is 25.3 Å². The lowest BCUT2D eigenvalue weighted by Gasteiger charge is -2.06. The van der Waals surface area contributed by atoms with Gasteiger partial charge in [0, 0.05) is 12.1 Å². The average molecular weight is 362 g/mol. The molecule has 0 aliphatic carbocycles. The van der Waals surface area contributed by atoms with Gasteiger partial charge in [0.2, 0.25) is 11.1 Å². The number of hydrogen-bond donors (Lipinski definition) is 3. The molecule has 10 heteroatoms. The van der Waals surface area contributed by atoms with Crippen LogP contribution in [0, 0.1) is 0 Å². The summed E-state index contributed by atoms with van der Waals surface area (Å²) in [6, 6.07) is 6.59.